The van der Waals surface area contributed by atoms with E-state index in [-0.39, 0.29) is 17.9 Å². The Morgan fingerprint density at radius 3 is 1.97 bits per heavy atom. The van der Waals surface area contributed by atoms with Gasteiger partial charge in [-0.1, -0.05) is 73.7 Å². The van der Waals surface area contributed by atoms with E-state index in [4.69, 9.17) is 0 Å². The summed E-state index contributed by atoms with van der Waals surface area (Å²) >= 11 is 0. The molecule has 2 amide bonds. The van der Waals surface area contributed by atoms with Crippen molar-refractivity contribution in [3.8, 4) is 0 Å². The number of amides is 2. The van der Waals surface area contributed by atoms with E-state index in [1.165, 1.54) is 11.1 Å². The Kier molecular flexibility index (Phi) is 6.97. The van der Waals surface area contributed by atoms with Crippen molar-refractivity contribution >= 4 is 17.5 Å². The zero-order valence-electron chi connectivity index (χ0n) is 18.4. The van der Waals surface area contributed by atoms with E-state index in [1.807, 2.05) is 42.2 Å². The first-order chi connectivity index (χ1) is 15.7. The molecular formula is C27H29N3O2. The minimum absolute atomic E-state index is 0.00761. The van der Waals surface area contributed by atoms with Gasteiger partial charge in [-0.15, -0.1) is 0 Å². The first-order valence-electron chi connectivity index (χ1n) is 11.2. The van der Waals surface area contributed by atoms with E-state index < -0.39 is 0 Å². The molecule has 1 heterocycles. The summed E-state index contributed by atoms with van der Waals surface area (Å²) in [5, 5.41) is 2.83. The molecule has 1 N–H and O–H groups in total. The zero-order chi connectivity index (χ0) is 22.3. The lowest BCUT2D eigenvalue weighted by molar-refractivity contribution is -0.115. The lowest BCUT2D eigenvalue weighted by atomic mass is 9.96. The van der Waals surface area contributed by atoms with Crippen LogP contribution in [0.5, 0.6) is 0 Å². The van der Waals surface area contributed by atoms with Crippen molar-refractivity contribution in [2.24, 2.45) is 0 Å². The molecule has 0 aliphatic carbocycles. The second-order valence-electron chi connectivity index (χ2n) is 8.03. The molecule has 32 heavy (non-hydrogen) atoms. The molecule has 0 unspecified atom stereocenters. The number of rotatable bonds is 6. The van der Waals surface area contributed by atoms with Crippen molar-refractivity contribution in [3.63, 3.8) is 0 Å². The molecule has 5 heteroatoms. The van der Waals surface area contributed by atoms with Gasteiger partial charge in [-0.25, -0.2) is 0 Å². The number of piperazine rings is 1. The van der Waals surface area contributed by atoms with Gasteiger partial charge in [-0.3, -0.25) is 14.5 Å². The number of carbonyl (C=O) groups excluding carboxylic acids is 2. The minimum atomic E-state index is -0.0592. The minimum Gasteiger partial charge on any atom is -0.336 e. The van der Waals surface area contributed by atoms with Crippen molar-refractivity contribution in [1.82, 2.24) is 9.80 Å². The first kappa shape index (κ1) is 21.8. The van der Waals surface area contributed by atoms with Crippen LogP contribution in [0.4, 0.5) is 5.69 Å². The average Bonchev–Trinajstić information content (AvgIpc) is 2.85. The number of hydrogen-bond donors (Lipinski definition) is 1. The molecule has 1 aliphatic heterocycles. The summed E-state index contributed by atoms with van der Waals surface area (Å²) in [5.41, 5.74) is 3.79. The SMILES string of the molecule is CCC(=O)Nc1cccc(C(=O)N2CCN(C(c3ccccc3)c3ccccc3)CC2)c1. The molecule has 3 aromatic rings. The summed E-state index contributed by atoms with van der Waals surface area (Å²) in [6.07, 6.45) is 0.407. The molecule has 0 spiro atoms. The van der Waals surface area contributed by atoms with Gasteiger partial charge in [0.25, 0.3) is 5.91 Å². The van der Waals surface area contributed by atoms with Gasteiger partial charge in [-0.2, -0.15) is 0 Å². The van der Waals surface area contributed by atoms with Crippen molar-refractivity contribution < 1.29 is 9.59 Å². The van der Waals surface area contributed by atoms with Gasteiger partial charge in [0.05, 0.1) is 6.04 Å². The topological polar surface area (TPSA) is 52.7 Å². The summed E-state index contributed by atoms with van der Waals surface area (Å²) < 4.78 is 0. The van der Waals surface area contributed by atoms with Crippen LogP contribution >= 0.6 is 0 Å². The Hall–Kier alpha value is -3.44. The van der Waals surface area contributed by atoms with Crippen molar-refractivity contribution in [1.29, 1.82) is 0 Å². The Morgan fingerprint density at radius 1 is 0.812 bits per heavy atom. The highest BCUT2D eigenvalue weighted by molar-refractivity contribution is 5.97. The predicted octanol–water partition coefficient (Wildman–Crippen LogP) is 4.58. The molecule has 1 fully saturated rings. The third-order valence-corrected chi connectivity index (χ3v) is 5.91. The van der Waals surface area contributed by atoms with Crippen LogP contribution in [0.3, 0.4) is 0 Å². The van der Waals surface area contributed by atoms with Crippen molar-refractivity contribution in [2.75, 3.05) is 31.5 Å². The molecule has 0 atom stereocenters. The third-order valence-electron chi connectivity index (χ3n) is 5.91. The van der Waals surface area contributed by atoms with Crippen molar-refractivity contribution in [2.45, 2.75) is 19.4 Å². The maximum atomic E-state index is 13.1. The van der Waals surface area contributed by atoms with Crippen LogP contribution in [0.25, 0.3) is 0 Å². The lowest BCUT2D eigenvalue weighted by Crippen LogP contribution is -2.49. The standard InChI is InChI=1S/C27H29N3O2/c1-2-25(31)28-24-15-9-14-23(20-24)27(32)30-18-16-29(17-19-30)26(21-10-5-3-6-11-21)22-12-7-4-8-13-22/h3-15,20,26H,2,16-19H2,1H3,(H,28,31). The van der Waals surface area contributed by atoms with Gasteiger partial charge in [-0.05, 0) is 29.3 Å². The fourth-order valence-electron chi connectivity index (χ4n) is 4.23. The van der Waals surface area contributed by atoms with Gasteiger partial charge in [0.2, 0.25) is 5.91 Å². The summed E-state index contributed by atoms with van der Waals surface area (Å²) in [6.45, 7) is 4.74. The van der Waals surface area contributed by atoms with Crippen LogP contribution < -0.4 is 5.32 Å². The van der Waals surface area contributed by atoms with Gasteiger partial charge in [0, 0.05) is 43.9 Å². The Labute approximate surface area is 189 Å². The average molecular weight is 428 g/mol. The molecule has 0 saturated carbocycles. The highest BCUT2D eigenvalue weighted by atomic mass is 16.2. The molecule has 164 valence electrons. The summed E-state index contributed by atoms with van der Waals surface area (Å²) in [7, 11) is 0. The molecule has 1 aliphatic rings. The number of carbonyl (C=O) groups is 2. The van der Waals surface area contributed by atoms with Gasteiger partial charge < -0.3 is 10.2 Å². The normalized spacial score (nSPS) is 14.4. The van der Waals surface area contributed by atoms with Gasteiger partial charge >= 0.3 is 0 Å². The highest BCUT2D eigenvalue weighted by Crippen LogP contribution is 2.29. The van der Waals surface area contributed by atoms with E-state index in [2.05, 4.69) is 58.7 Å². The smallest absolute Gasteiger partial charge is 0.254 e. The Morgan fingerprint density at radius 2 is 1.41 bits per heavy atom. The first-order valence-corrected chi connectivity index (χ1v) is 11.2. The molecule has 0 bridgehead atoms. The fourth-order valence-corrected chi connectivity index (χ4v) is 4.23. The largest absolute Gasteiger partial charge is 0.336 e. The van der Waals surface area contributed by atoms with Crippen LogP contribution in [0.1, 0.15) is 40.9 Å². The van der Waals surface area contributed by atoms with E-state index in [0.29, 0.717) is 30.8 Å². The molecular weight excluding hydrogens is 398 g/mol. The highest BCUT2D eigenvalue weighted by Gasteiger charge is 2.28. The molecule has 4 rings (SSSR count). The number of benzene rings is 3. The van der Waals surface area contributed by atoms with Crippen LogP contribution in [-0.2, 0) is 4.79 Å². The Bertz CT molecular complexity index is 1010. The number of nitrogens with zero attached hydrogens (tertiary/aromatic N) is 2. The van der Waals surface area contributed by atoms with Crippen LogP contribution in [-0.4, -0.2) is 47.8 Å². The molecule has 3 aromatic carbocycles. The second kappa shape index (κ2) is 10.2. The maximum absolute atomic E-state index is 13.1. The zero-order valence-corrected chi connectivity index (χ0v) is 18.4. The number of nitrogens with one attached hydrogen (secondary N) is 1. The Balaban J connectivity index is 1.46. The van der Waals surface area contributed by atoms with E-state index in [0.717, 1.165) is 13.1 Å². The van der Waals surface area contributed by atoms with Gasteiger partial charge in [0.15, 0.2) is 0 Å². The fraction of sp³-hybridized carbons (Fsp3) is 0.259. The number of hydrogen-bond acceptors (Lipinski definition) is 3. The maximum Gasteiger partial charge on any atom is 0.254 e. The quantitative estimate of drug-likeness (QED) is 0.626. The van der Waals surface area contributed by atoms with Crippen molar-refractivity contribution in [3.05, 3.63) is 102 Å². The molecule has 5 nitrogen and oxygen atoms in total. The summed E-state index contributed by atoms with van der Waals surface area (Å²) in [6, 6.07) is 28.5. The molecule has 0 aromatic heterocycles. The van der Waals surface area contributed by atoms with E-state index >= 15 is 0 Å². The second-order valence-corrected chi connectivity index (χ2v) is 8.03. The number of anilines is 1. The van der Waals surface area contributed by atoms with Crippen LogP contribution in [0.2, 0.25) is 0 Å². The van der Waals surface area contributed by atoms with E-state index in [9.17, 15) is 9.59 Å². The molecule has 1 saturated heterocycles. The monoisotopic (exact) mass is 427 g/mol. The summed E-state index contributed by atoms with van der Waals surface area (Å²) in [5.74, 6) is -0.0516. The predicted molar refractivity (Wildman–Crippen MR) is 128 cm³/mol. The van der Waals surface area contributed by atoms with E-state index in [1.54, 1.807) is 6.07 Å². The molecule has 0 radical (unpaired) electrons. The van der Waals surface area contributed by atoms with Crippen LogP contribution in [0, 0.1) is 0 Å². The van der Waals surface area contributed by atoms with Crippen LogP contribution in [0.15, 0.2) is 84.9 Å². The van der Waals surface area contributed by atoms with Gasteiger partial charge in [0.1, 0.15) is 0 Å². The lowest BCUT2D eigenvalue weighted by Gasteiger charge is -2.39. The summed E-state index contributed by atoms with van der Waals surface area (Å²) in [4.78, 5) is 29.2. The third kappa shape index (κ3) is 5.06.